The van der Waals surface area contributed by atoms with Crippen molar-refractivity contribution >= 4 is 17.1 Å². The highest BCUT2D eigenvalue weighted by Crippen LogP contribution is 2.40. The number of imidazole rings is 1. The third kappa shape index (κ3) is 4.93. The molecule has 0 bridgehead atoms. The van der Waals surface area contributed by atoms with Gasteiger partial charge >= 0.3 is 5.97 Å². The van der Waals surface area contributed by atoms with Crippen molar-refractivity contribution in [2.75, 3.05) is 6.61 Å². The first-order valence-electron chi connectivity index (χ1n) is 12.4. The first-order valence-corrected chi connectivity index (χ1v) is 12.4. The van der Waals surface area contributed by atoms with E-state index in [1.807, 2.05) is 34.9 Å². The van der Waals surface area contributed by atoms with E-state index in [4.69, 9.17) is 9.47 Å². The number of rotatable bonds is 9. The summed E-state index contributed by atoms with van der Waals surface area (Å²) in [4.78, 5) is 26.0. The molecule has 1 fully saturated rings. The smallest absolute Gasteiger partial charge is 0.341 e. The van der Waals surface area contributed by atoms with Gasteiger partial charge < -0.3 is 14.0 Å². The minimum absolute atomic E-state index is 0.257. The van der Waals surface area contributed by atoms with Gasteiger partial charge in [-0.25, -0.2) is 14.5 Å². The third-order valence-corrected chi connectivity index (χ3v) is 6.30. The Kier molecular flexibility index (Phi) is 6.10. The molecule has 3 heterocycles. The number of fused-ring (bicyclic) bond motifs is 1. The van der Waals surface area contributed by atoms with Gasteiger partial charge in [-0.2, -0.15) is 15.1 Å². The molecule has 186 valence electrons. The average Bonchev–Trinajstić information content (AvgIpc) is 3.52. The van der Waals surface area contributed by atoms with Crippen LogP contribution in [0, 0.1) is 0 Å². The number of carbonyl (C=O) groups is 1. The third-order valence-electron chi connectivity index (χ3n) is 6.30. The van der Waals surface area contributed by atoms with Crippen molar-refractivity contribution in [3.8, 4) is 11.8 Å². The maximum atomic E-state index is 12.1. The predicted molar refractivity (Wildman–Crippen MR) is 137 cm³/mol. The number of esters is 1. The van der Waals surface area contributed by atoms with Gasteiger partial charge in [-0.05, 0) is 42.4 Å². The molecule has 37 heavy (non-hydrogen) atoms. The zero-order valence-corrected chi connectivity index (χ0v) is 20.4. The lowest BCUT2D eigenvalue weighted by atomic mass is 10.1. The molecular formula is C28H26N6O3. The van der Waals surface area contributed by atoms with Gasteiger partial charge in [0.2, 0.25) is 5.88 Å². The summed E-state index contributed by atoms with van der Waals surface area (Å²) in [5.74, 6) is 0.886. The summed E-state index contributed by atoms with van der Waals surface area (Å²) in [6.07, 6.45) is 7.26. The molecule has 9 heteroatoms. The lowest BCUT2D eigenvalue weighted by Crippen LogP contribution is -2.08. The number of aromatic nitrogens is 6. The SMILES string of the molecule is CCOC(=O)c1cnn(-c2nc(OCc3ccccc3)c3c(ncn3Cc3cccc(C4CC4)c3)n2)c1. The van der Waals surface area contributed by atoms with Crippen LogP contribution in [0.3, 0.4) is 0 Å². The molecule has 0 aliphatic heterocycles. The fourth-order valence-corrected chi connectivity index (χ4v) is 4.30. The first kappa shape index (κ1) is 22.9. The molecule has 1 aliphatic carbocycles. The molecule has 1 aliphatic rings. The summed E-state index contributed by atoms with van der Waals surface area (Å²) in [5.41, 5.74) is 5.10. The molecule has 0 saturated heterocycles. The van der Waals surface area contributed by atoms with E-state index >= 15 is 0 Å². The molecule has 0 unspecified atom stereocenters. The number of ether oxygens (including phenoxy) is 2. The molecule has 2 aromatic carbocycles. The van der Waals surface area contributed by atoms with Crippen molar-refractivity contribution in [3.05, 3.63) is 95.6 Å². The van der Waals surface area contributed by atoms with Crippen LogP contribution < -0.4 is 4.74 Å². The van der Waals surface area contributed by atoms with Crippen molar-refractivity contribution in [1.82, 2.24) is 29.3 Å². The summed E-state index contributed by atoms with van der Waals surface area (Å²) < 4.78 is 14.7. The van der Waals surface area contributed by atoms with Gasteiger partial charge in [-0.3, -0.25) is 0 Å². The monoisotopic (exact) mass is 494 g/mol. The summed E-state index contributed by atoms with van der Waals surface area (Å²) in [6, 6.07) is 18.6. The fourth-order valence-electron chi connectivity index (χ4n) is 4.30. The maximum Gasteiger partial charge on any atom is 0.341 e. The van der Waals surface area contributed by atoms with Crippen LogP contribution in [-0.4, -0.2) is 41.9 Å². The lowest BCUT2D eigenvalue weighted by Gasteiger charge is -2.11. The fraction of sp³-hybridized carbons (Fsp3) is 0.250. The summed E-state index contributed by atoms with van der Waals surface area (Å²) in [7, 11) is 0. The van der Waals surface area contributed by atoms with Crippen LogP contribution in [0.25, 0.3) is 17.1 Å². The minimum Gasteiger partial charge on any atom is -0.471 e. The Morgan fingerprint density at radius 3 is 2.70 bits per heavy atom. The van der Waals surface area contributed by atoms with E-state index < -0.39 is 5.97 Å². The Balaban J connectivity index is 1.37. The quantitative estimate of drug-likeness (QED) is 0.274. The van der Waals surface area contributed by atoms with Crippen LogP contribution in [0.1, 0.15) is 52.7 Å². The summed E-state index contributed by atoms with van der Waals surface area (Å²) in [5, 5.41) is 4.26. The topological polar surface area (TPSA) is 97.0 Å². The second-order valence-corrected chi connectivity index (χ2v) is 9.06. The van der Waals surface area contributed by atoms with E-state index in [1.54, 1.807) is 19.4 Å². The lowest BCUT2D eigenvalue weighted by molar-refractivity contribution is 0.0526. The van der Waals surface area contributed by atoms with E-state index in [1.165, 1.54) is 34.8 Å². The van der Waals surface area contributed by atoms with Crippen molar-refractivity contribution in [2.45, 2.75) is 38.8 Å². The Morgan fingerprint density at radius 2 is 1.89 bits per heavy atom. The number of nitrogens with zero attached hydrogens (tertiary/aromatic N) is 6. The van der Waals surface area contributed by atoms with Crippen LogP contribution in [0.5, 0.6) is 5.88 Å². The summed E-state index contributed by atoms with van der Waals surface area (Å²) in [6.45, 7) is 3.00. The van der Waals surface area contributed by atoms with Crippen molar-refractivity contribution in [1.29, 1.82) is 0 Å². The summed E-state index contributed by atoms with van der Waals surface area (Å²) >= 11 is 0. The van der Waals surface area contributed by atoms with Crippen LogP contribution in [0.4, 0.5) is 0 Å². The molecule has 0 radical (unpaired) electrons. The van der Waals surface area contributed by atoms with E-state index in [9.17, 15) is 4.79 Å². The molecule has 0 atom stereocenters. The zero-order chi connectivity index (χ0) is 25.2. The number of benzene rings is 2. The maximum absolute atomic E-state index is 12.1. The molecular weight excluding hydrogens is 468 g/mol. The second-order valence-electron chi connectivity index (χ2n) is 9.06. The predicted octanol–water partition coefficient (Wildman–Crippen LogP) is 4.69. The standard InChI is InChI=1S/C28H26N6O3/c1-2-36-27(35)23-14-30-34(16-23)28-31-25-24(26(32-28)37-17-19-7-4-3-5-8-19)33(18-29-25)15-20-9-6-10-22(13-20)21-11-12-21/h3-10,13-14,16,18,21H,2,11-12,15,17H2,1H3. The van der Waals surface area contributed by atoms with Gasteiger partial charge in [-0.15, -0.1) is 0 Å². The van der Waals surface area contributed by atoms with E-state index in [-0.39, 0.29) is 12.6 Å². The molecule has 9 nitrogen and oxygen atoms in total. The Bertz CT molecular complexity index is 1560. The minimum atomic E-state index is -0.451. The number of hydrogen-bond donors (Lipinski definition) is 0. The van der Waals surface area contributed by atoms with E-state index in [0.29, 0.717) is 41.7 Å². The number of hydrogen-bond acceptors (Lipinski definition) is 7. The molecule has 5 aromatic rings. The number of carbonyl (C=O) groups excluding carboxylic acids is 1. The van der Waals surface area contributed by atoms with E-state index in [2.05, 4.69) is 44.3 Å². The Hall–Kier alpha value is -4.53. The first-order chi connectivity index (χ1) is 18.2. The molecule has 6 rings (SSSR count). The highest BCUT2D eigenvalue weighted by Gasteiger charge is 2.24. The van der Waals surface area contributed by atoms with Crippen LogP contribution >= 0.6 is 0 Å². The van der Waals surface area contributed by atoms with Crippen LogP contribution in [0.2, 0.25) is 0 Å². The normalized spacial score (nSPS) is 13.1. The molecule has 0 amide bonds. The Morgan fingerprint density at radius 1 is 1.05 bits per heavy atom. The molecule has 0 N–H and O–H groups in total. The highest BCUT2D eigenvalue weighted by atomic mass is 16.5. The van der Waals surface area contributed by atoms with Gasteiger partial charge in [0.15, 0.2) is 11.2 Å². The largest absolute Gasteiger partial charge is 0.471 e. The molecule has 0 spiro atoms. The highest BCUT2D eigenvalue weighted by molar-refractivity contribution is 5.88. The van der Waals surface area contributed by atoms with Gasteiger partial charge in [-0.1, -0.05) is 54.6 Å². The molecule has 1 saturated carbocycles. The van der Waals surface area contributed by atoms with Gasteiger partial charge in [0, 0.05) is 12.7 Å². The van der Waals surface area contributed by atoms with Crippen LogP contribution in [-0.2, 0) is 17.9 Å². The van der Waals surface area contributed by atoms with Gasteiger partial charge in [0.1, 0.15) is 6.61 Å². The Labute approximate surface area is 213 Å². The van der Waals surface area contributed by atoms with Crippen LogP contribution in [0.15, 0.2) is 73.3 Å². The molecule has 3 aromatic heterocycles. The van der Waals surface area contributed by atoms with Crippen molar-refractivity contribution in [2.24, 2.45) is 0 Å². The second kappa shape index (κ2) is 9.85. The van der Waals surface area contributed by atoms with E-state index in [0.717, 1.165) is 5.56 Å². The van der Waals surface area contributed by atoms with Crippen molar-refractivity contribution < 1.29 is 14.3 Å². The van der Waals surface area contributed by atoms with Gasteiger partial charge in [0.25, 0.3) is 5.95 Å². The average molecular weight is 495 g/mol. The van der Waals surface area contributed by atoms with Gasteiger partial charge in [0.05, 0.1) is 24.7 Å². The zero-order valence-electron chi connectivity index (χ0n) is 20.4. The van der Waals surface area contributed by atoms with Crippen molar-refractivity contribution in [3.63, 3.8) is 0 Å².